The van der Waals surface area contributed by atoms with Crippen LogP contribution in [0.25, 0.3) is 11.3 Å². The molecule has 2 aromatic rings. The number of hydrogen-bond donors (Lipinski definition) is 1. The quantitative estimate of drug-likeness (QED) is 0.794. The molecule has 2 heterocycles. The summed E-state index contributed by atoms with van der Waals surface area (Å²) in [4.78, 5) is 4.60. The molecule has 1 atom stereocenters. The first-order chi connectivity index (χ1) is 12.2. The molecule has 0 aliphatic carbocycles. The molecule has 1 N–H and O–H groups in total. The fourth-order valence-electron chi connectivity index (χ4n) is 3.58. The van der Waals surface area contributed by atoms with E-state index in [2.05, 4.69) is 34.0 Å². The second-order valence-electron chi connectivity index (χ2n) is 6.96. The van der Waals surface area contributed by atoms with E-state index in [1.54, 1.807) is 0 Å². The molecule has 136 valence electrons. The first kappa shape index (κ1) is 18.0. The summed E-state index contributed by atoms with van der Waals surface area (Å²) in [5, 5.41) is 14.3. The van der Waals surface area contributed by atoms with Gasteiger partial charge in [-0.2, -0.15) is 0 Å². The Bertz CT molecular complexity index is 648. The van der Waals surface area contributed by atoms with Gasteiger partial charge in [0.05, 0.1) is 11.7 Å². The van der Waals surface area contributed by atoms with Crippen LogP contribution in [-0.4, -0.2) is 47.4 Å². The molecule has 1 saturated heterocycles. The van der Waals surface area contributed by atoms with Gasteiger partial charge in [0.1, 0.15) is 5.69 Å². The summed E-state index contributed by atoms with van der Waals surface area (Å²) in [6, 6.07) is 10.2. The molecule has 1 unspecified atom stereocenters. The number of aliphatic hydroxyl groups is 1. The van der Waals surface area contributed by atoms with E-state index in [1.807, 2.05) is 25.1 Å². The Kier molecular flexibility index (Phi) is 6.10. The molecule has 1 aromatic heterocycles. The molecule has 1 fully saturated rings. The molecule has 0 amide bonds. The first-order valence-corrected chi connectivity index (χ1v) is 9.38. The van der Waals surface area contributed by atoms with E-state index in [0.717, 1.165) is 55.3 Å². The molecule has 0 bridgehead atoms. The number of aliphatic hydroxyl groups excluding tert-OH is 1. The summed E-state index contributed by atoms with van der Waals surface area (Å²) >= 11 is 0. The highest BCUT2D eigenvalue weighted by Gasteiger charge is 2.26. The lowest BCUT2D eigenvalue weighted by atomic mass is 10.1. The second-order valence-corrected chi connectivity index (χ2v) is 6.96. The predicted octanol–water partition coefficient (Wildman–Crippen LogP) is 3.53. The van der Waals surface area contributed by atoms with Gasteiger partial charge in [-0.3, -0.25) is 4.90 Å². The van der Waals surface area contributed by atoms with Crippen molar-refractivity contribution in [2.45, 2.75) is 45.8 Å². The summed E-state index contributed by atoms with van der Waals surface area (Å²) in [6.07, 6.45) is 3.11. The van der Waals surface area contributed by atoms with Crippen molar-refractivity contribution in [1.29, 1.82) is 0 Å². The number of benzene rings is 1. The average molecular weight is 343 g/mol. The molecule has 25 heavy (non-hydrogen) atoms. The van der Waals surface area contributed by atoms with Crippen LogP contribution in [0.4, 0.5) is 5.88 Å². The Morgan fingerprint density at radius 3 is 2.60 bits per heavy atom. The normalized spacial score (nSPS) is 15.9. The maximum atomic E-state index is 9.85. The van der Waals surface area contributed by atoms with Crippen LogP contribution in [0.5, 0.6) is 0 Å². The van der Waals surface area contributed by atoms with Crippen molar-refractivity contribution in [3.63, 3.8) is 0 Å². The SMILES string of the molecule is CCCN(Cc1c(-c2ccccc2)noc1N1CCCC1)CC(C)O. The minimum Gasteiger partial charge on any atom is -0.392 e. The molecular formula is C20H29N3O2. The molecule has 5 heteroatoms. The van der Waals surface area contributed by atoms with Crippen LogP contribution in [0, 0.1) is 0 Å². The first-order valence-electron chi connectivity index (χ1n) is 9.38. The minimum absolute atomic E-state index is 0.346. The van der Waals surface area contributed by atoms with Crippen LogP contribution in [0.2, 0.25) is 0 Å². The van der Waals surface area contributed by atoms with Crippen molar-refractivity contribution in [2.24, 2.45) is 0 Å². The van der Waals surface area contributed by atoms with E-state index < -0.39 is 0 Å². The van der Waals surface area contributed by atoms with E-state index in [1.165, 1.54) is 12.8 Å². The van der Waals surface area contributed by atoms with Crippen LogP contribution in [0.3, 0.4) is 0 Å². The van der Waals surface area contributed by atoms with Gasteiger partial charge in [0.15, 0.2) is 0 Å². The number of anilines is 1. The summed E-state index contributed by atoms with van der Waals surface area (Å²) in [5.74, 6) is 0.906. The van der Waals surface area contributed by atoms with Crippen LogP contribution in [0.15, 0.2) is 34.9 Å². The Morgan fingerprint density at radius 2 is 1.96 bits per heavy atom. The molecule has 1 aliphatic heterocycles. The third-order valence-electron chi connectivity index (χ3n) is 4.65. The van der Waals surface area contributed by atoms with Crippen molar-refractivity contribution in [2.75, 3.05) is 31.1 Å². The summed E-state index contributed by atoms with van der Waals surface area (Å²) < 4.78 is 5.80. The van der Waals surface area contributed by atoms with Gasteiger partial charge < -0.3 is 14.5 Å². The van der Waals surface area contributed by atoms with E-state index in [0.29, 0.717) is 6.54 Å². The van der Waals surface area contributed by atoms with Crippen molar-refractivity contribution in [3.05, 3.63) is 35.9 Å². The van der Waals surface area contributed by atoms with E-state index in [9.17, 15) is 5.11 Å². The third kappa shape index (κ3) is 4.41. The highest BCUT2D eigenvalue weighted by molar-refractivity contribution is 5.68. The molecule has 5 nitrogen and oxygen atoms in total. The van der Waals surface area contributed by atoms with Crippen LogP contribution in [-0.2, 0) is 6.54 Å². The van der Waals surface area contributed by atoms with Crippen LogP contribution < -0.4 is 4.90 Å². The lowest BCUT2D eigenvalue weighted by Crippen LogP contribution is -2.32. The molecule has 1 aromatic carbocycles. The van der Waals surface area contributed by atoms with Crippen LogP contribution >= 0.6 is 0 Å². The Balaban J connectivity index is 1.93. The highest BCUT2D eigenvalue weighted by Crippen LogP contribution is 2.34. The summed E-state index contributed by atoms with van der Waals surface area (Å²) in [5.41, 5.74) is 3.15. The maximum Gasteiger partial charge on any atom is 0.232 e. The highest BCUT2D eigenvalue weighted by atomic mass is 16.5. The zero-order chi connectivity index (χ0) is 17.6. The summed E-state index contributed by atoms with van der Waals surface area (Å²) in [6.45, 7) is 8.42. The van der Waals surface area contributed by atoms with Gasteiger partial charge in [0.2, 0.25) is 5.88 Å². The van der Waals surface area contributed by atoms with Crippen molar-refractivity contribution in [3.8, 4) is 11.3 Å². The molecule has 0 spiro atoms. The molecule has 0 radical (unpaired) electrons. The van der Waals surface area contributed by atoms with Gasteiger partial charge >= 0.3 is 0 Å². The monoisotopic (exact) mass is 343 g/mol. The van der Waals surface area contributed by atoms with Gasteiger partial charge in [-0.05, 0) is 32.7 Å². The third-order valence-corrected chi connectivity index (χ3v) is 4.65. The Labute approximate surface area is 150 Å². The average Bonchev–Trinajstić information content (AvgIpc) is 3.24. The fourth-order valence-corrected chi connectivity index (χ4v) is 3.58. The number of rotatable bonds is 8. The number of nitrogens with zero attached hydrogens (tertiary/aromatic N) is 3. The number of aromatic nitrogens is 1. The smallest absolute Gasteiger partial charge is 0.232 e. The van der Waals surface area contributed by atoms with E-state index in [4.69, 9.17) is 4.52 Å². The Morgan fingerprint density at radius 1 is 1.24 bits per heavy atom. The standard InChI is InChI=1S/C20H29N3O2/c1-3-11-22(14-16(2)24)15-18-19(17-9-5-4-6-10-17)21-25-20(18)23-12-7-8-13-23/h4-6,9-10,16,24H,3,7-8,11-15H2,1-2H3. The maximum absolute atomic E-state index is 9.85. The molecular weight excluding hydrogens is 314 g/mol. The van der Waals surface area contributed by atoms with Crippen molar-refractivity contribution < 1.29 is 9.63 Å². The fraction of sp³-hybridized carbons (Fsp3) is 0.550. The molecule has 3 rings (SSSR count). The van der Waals surface area contributed by atoms with Gasteiger partial charge in [-0.15, -0.1) is 0 Å². The lowest BCUT2D eigenvalue weighted by molar-refractivity contribution is 0.122. The molecule has 0 saturated carbocycles. The molecule has 1 aliphatic rings. The van der Waals surface area contributed by atoms with Gasteiger partial charge in [-0.1, -0.05) is 42.4 Å². The topological polar surface area (TPSA) is 52.7 Å². The predicted molar refractivity (Wildman–Crippen MR) is 101 cm³/mol. The largest absolute Gasteiger partial charge is 0.392 e. The zero-order valence-electron chi connectivity index (χ0n) is 15.3. The van der Waals surface area contributed by atoms with Crippen molar-refractivity contribution in [1.82, 2.24) is 10.1 Å². The van der Waals surface area contributed by atoms with Crippen LogP contribution in [0.1, 0.15) is 38.7 Å². The Hall–Kier alpha value is -1.85. The second kappa shape index (κ2) is 8.50. The summed E-state index contributed by atoms with van der Waals surface area (Å²) in [7, 11) is 0. The van der Waals surface area contributed by atoms with Crippen molar-refractivity contribution >= 4 is 5.88 Å². The minimum atomic E-state index is -0.346. The lowest BCUT2D eigenvalue weighted by Gasteiger charge is -2.24. The van der Waals surface area contributed by atoms with Gasteiger partial charge in [0, 0.05) is 31.7 Å². The van der Waals surface area contributed by atoms with Gasteiger partial charge in [-0.25, -0.2) is 0 Å². The number of hydrogen-bond acceptors (Lipinski definition) is 5. The van der Waals surface area contributed by atoms with E-state index in [-0.39, 0.29) is 6.10 Å². The zero-order valence-corrected chi connectivity index (χ0v) is 15.3. The van der Waals surface area contributed by atoms with Gasteiger partial charge in [0.25, 0.3) is 0 Å². The van der Waals surface area contributed by atoms with E-state index >= 15 is 0 Å².